The molecule has 2 aromatic rings. The molecule has 2 aliphatic heterocycles. The van der Waals surface area contributed by atoms with E-state index in [1.54, 1.807) is 6.33 Å². The summed E-state index contributed by atoms with van der Waals surface area (Å²) in [6.45, 7) is 7.31. The summed E-state index contributed by atoms with van der Waals surface area (Å²) in [7, 11) is 0. The predicted octanol–water partition coefficient (Wildman–Crippen LogP) is 3.13. The molecule has 1 N–H and O–H groups in total. The molecule has 0 aliphatic carbocycles. The second kappa shape index (κ2) is 8.25. The highest BCUT2D eigenvalue weighted by Gasteiger charge is 2.29. The van der Waals surface area contributed by atoms with E-state index < -0.39 is 0 Å². The van der Waals surface area contributed by atoms with E-state index in [-0.39, 0.29) is 6.10 Å². The number of ether oxygens (including phenoxy) is 1. The smallest absolute Gasteiger partial charge is 0.134 e. The van der Waals surface area contributed by atoms with Crippen molar-refractivity contribution >= 4 is 11.6 Å². The molecule has 146 valence electrons. The van der Waals surface area contributed by atoms with Gasteiger partial charge in [0.25, 0.3) is 0 Å². The topological polar surface area (TPSA) is 68.1 Å². The molecular weight excluding hydrogens is 340 g/mol. The molecule has 0 saturated carbocycles. The van der Waals surface area contributed by atoms with Gasteiger partial charge in [0.15, 0.2) is 0 Å². The monoisotopic (exact) mass is 370 g/mol. The number of nitrogens with zero attached hydrogens (tertiary/aromatic N) is 5. The zero-order valence-electron chi connectivity index (χ0n) is 16.3. The summed E-state index contributed by atoms with van der Waals surface area (Å²) in [6.07, 6.45) is 12.2. The first-order valence-electron chi connectivity index (χ1n) is 10.1. The first-order chi connectivity index (χ1) is 13.2. The fourth-order valence-corrected chi connectivity index (χ4v) is 4.28. The lowest BCUT2D eigenvalue weighted by Gasteiger charge is -2.36. The van der Waals surface area contributed by atoms with Gasteiger partial charge in [-0.25, -0.2) is 15.0 Å². The molecule has 7 nitrogen and oxygen atoms in total. The molecule has 4 heterocycles. The standard InChI is InChI=1S/C20H30N6O/c1-15(2)20-17(4-3-11-27-20)24-18-12-19(23-13-22-18)25-8-5-16(6-9-25)26-10-7-21-14-26/h7,10,12-17,20H,3-6,8-9,11H2,1-2H3,(H,22,23,24)/t17-,20+/m1/s1. The fraction of sp³-hybridized carbons (Fsp3) is 0.650. The zero-order chi connectivity index (χ0) is 18.6. The van der Waals surface area contributed by atoms with E-state index in [2.05, 4.69) is 55.8 Å². The van der Waals surface area contributed by atoms with E-state index in [1.807, 2.05) is 12.5 Å². The van der Waals surface area contributed by atoms with Gasteiger partial charge in [-0.15, -0.1) is 0 Å². The highest BCUT2D eigenvalue weighted by atomic mass is 16.5. The Morgan fingerprint density at radius 3 is 2.78 bits per heavy atom. The molecule has 0 unspecified atom stereocenters. The van der Waals surface area contributed by atoms with Gasteiger partial charge in [-0.1, -0.05) is 13.8 Å². The molecule has 0 bridgehead atoms. The van der Waals surface area contributed by atoms with Gasteiger partial charge in [-0.2, -0.15) is 0 Å². The Labute approximate surface area is 161 Å². The van der Waals surface area contributed by atoms with Gasteiger partial charge in [-0.05, 0) is 31.6 Å². The van der Waals surface area contributed by atoms with Gasteiger partial charge in [0.2, 0.25) is 0 Å². The van der Waals surface area contributed by atoms with Crippen LogP contribution in [0, 0.1) is 5.92 Å². The van der Waals surface area contributed by atoms with Crippen molar-refractivity contribution in [1.29, 1.82) is 0 Å². The number of aromatic nitrogens is 4. The summed E-state index contributed by atoms with van der Waals surface area (Å²) in [5.41, 5.74) is 0. The quantitative estimate of drug-likeness (QED) is 0.872. The molecule has 2 saturated heterocycles. The molecular formula is C20H30N6O. The van der Waals surface area contributed by atoms with Crippen LogP contribution in [0.4, 0.5) is 11.6 Å². The van der Waals surface area contributed by atoms with Gasteiger partial charge in [0.1, 0.15) is 18.0 Å². The maximum absolute atomic E-state index is 5.99. The molecule has 2 fully saturated rings. The molecule has 0 amide bonds. The Kier molecular flexibility index (Phi) is 5.57. The summed E-state index contributed by atoms with van der Waals surface area (Å²) in [4.78, 5) is 15.5. The minimum atomic E-state index is 0.239. The maximum atomic E-state index is 5.99. The lowest BCUT2D eigenvalue weighted by Crippen LogP contribution is -2.43. The Balaban J connectivity index is 1.39. The summed E-state index contributed by atoms with van der Waals surface area (Å²) < 4.78 is 8.22. The minimum Gasteiger partial charge on any atom is -0.376 e. The number of nitrogens with one attached hydrogen (secondary N) is 1. The third-order valence-electron chi connectivity index (χ3n) is 5.74. The molecule has 2 aliphatic rings. The van der Waals surface area contributed by atoms with Crippen molar-refractivity contribution in [2.45, 2.75) is 57.7 Å². The molecule has 2 aromatic heterocycles. The summed E-state index contributed by atoms with van der Waals surface area (Å²) in [5.74, 6) is 2.40. The van der Waals surface area contributed by atoms with Gasteiger partial charge in [-0.3, -0.25) is 0 Å². The van der Waals surface area contributed by atoms with Crippen LogP contribution in [0.3, 0.4) is 0 Å². The van der Waals surface area contributed by atoms with Crippen LogP contribution in [0.2, 0.25) is 0 Å². The highest BCUT2D eigenvalue weighted by molar-refractivity contribution is 5.49. The van der Waals surface area contributed by atoms with E-state index in [0.717, 1.165) is 57.0 Å². The molecule has 0 spiro atoms. The number of rotatable bonds is 5. The Morgan fingerprint density at radius 2 is 2.04 bits per heavy atom. The van der Waals surface area contributed by atoms with Crippen LogP contribution < -0.4 is 10.2 Å². The molecule has 0 aromatic carbocycles. The lowest BCUT2D eigenvalue weighted by atomic mass is 9.93. The number of piperidine rings is 1. The van der Waals surface area contributed by atoms with E-state index in [9.17, 15) is 0 Å². The van der Waals surface area contributed by atoms with E-state index in [1.165, 1.54) is 0 Å². The second-order valence-corrected chi connectivity index (χ2v) is 7.96. The molecule has 27 heavy (non-hydrogen) atoms. The normalized spacial score (nSPS) is 24.3. The van der Waals surface area contributed by atoms with Crippen molar-refractivity contribution in [3.63, 3.8) is 0 Å². The molecule has 0 radical (unpaired) electrons. The van der Waals surface area contributed by atoms with Crippen LogP contribution in [0.5, 0.6) is 0 Å². The Bertz CT molecular complexity index is 711. The first kappa shape index (κ1) is 18.2. The third-order valence-corrected chi connectivity index (χ3v) is 5.74. The molecule has 7 heteroatoms. The van der Waals surface area contributed by atoms with Crippen molar-refractivity contribution in [2.75, 3.05) is 29.9 Å². The van der Waals surface area contributed by atoms with Crippen LogP contribution in [0.25, 0.3) is 0 Å². The number of hydrogen-bond acceptors (Lipinski definition) is 6. The van der Waals surface area contributed by atoms with Crippen LogP contribution in [0.1, 0.15) is 45.6 Å². The lowest BCUT2D eigenvalue weighted by molar-refractivity contribution is -0.0203. The Morgan fingerprint density at radius 1 is 1.19 bits per heavy atom. The number of anilines is 2. The van der Waals surface area contributed by atoms with Crippen molar-refractivity contribution in [2.24, 2.45) is 5.92 Å². The Hall–Kier alpha value is -2.15. The fourth-order valence-electron chi connectivity index (χ4n) is 4.28. The first-order valence-corrected chi connectivity index (χ1v) is 10.1. The SMILES string of the molecule is CC(C)[C@@H]1OCCC[C@H]1Nc1cc(N2CCC(n3ccnc3)CC2)ncn1. The van der Waals surface area contributed by atoms with Crippen molar-refractivity contribution in [3.8, 4) is 0 Å². The van der Waals surface area contributed by atoms with Crippen LogP contribution in [0.15, 0.2) is 31.1 Å². The maximum Gasteiger partial charge on any atom is 0.134 e. The minimum absolute atomic E-state index is 0.239. The predicted molar refractivity (Wildman–Crippen MR) is 106 cm³/mol. The summed E-state index contributed by atoms with van der Waals surface area (Å²) in [5, 5.41) is 3.61. The third kappa shape index (κ3) is 4.24. The van der Waals surface area contributed by atoms with Crippen LogP contribution in [-0.4, -0.2) is 51.4 Å². The van der Waals surface area contributed by atoms with E-state index in [4.69, 9.17) is 4.74 Å². The van der Waals surface area contributed by atoms with Gasteiger partial charge in [0, 0.05) is 44.2 Å². The number of hydrogen-bond donors (Lipinski definition) is 1. The highest BCUT2D eigenvalue weighted by Crippen LogP contribution is 2.27. The summed E-state index contributed by atoms with van der Waals surface area (Å²) >= 11 is 0. The summed E-state index contributed by atoms with van der Waals surface area (Å²) in [6, 6.07) is 2.94. The van der Waals surface area contributed by atoms with Gasteiger partial charge in [0.05, 0.1) is 18.5 Å². The van der Waals surface area contributed by atoms with Crippen molar-refractivity contribution in [3.05, 3.63) is 31.1 Å². The van der Waals surface area contributed by atoms with E-state index in [0.29, 0.717) is 18.0 Å². The van der Waals surface area contributed by atoms with Gasteiger partial charge < -0.3 is 19.5 Å². The second-order valence-electron chi connectivity index (χ2n) is 7.96. The largest absolute Gasteiger partial charge is 0.376 e. The van der Waals surface area contributed by atoms with Crippen molar-refractivity contribution < 1.29 is 4.74 Å². The zero-order valence-corrected chi connectivity index (χ0v) is 16.3. The van der Waals surface area contributed by atoms with Crippen LogP contribution >= 0.6 is 0 Å². The average molecular weight is 371 g/mol. The molecule has 2 atom stereocenters. The van der Waals surface area contributed by atoms with Gasteiger partial charge >= 0.3 is 0 Å². The van der Waals surface area contributed by atoms with Crippen molar-refractivity contribution in [1.82, 2.24) is 19.5 Å². The van der Waals surface area contributed by atoms with E-state index >= 15 is 0 Å². The average Bonchev–Trinajstić information content (AvgIpc) is 3.23. The van der Waals surface area contributed by atoms with Crippen LogP contribution in [-0.2, 0) is 4.74 Å². The number of imidazole rings is 1. The molecule has 4 rings (SSSR count).